The highest BCUT2D eigenvalue weighted by Crippen LogP contribution is 2.42. The van der Waals surface area contributed by atoms with Crippen molar-refractivity contribution in [2.24, 2.45) is 0 Å². The minimum atomic E-state index is -5.17. The number of aliphatic hydroxyl groups is 3. The molecule has 1 fully saturated rings. The quantitative estimate of drug-likeness (QED) is 0.256. The number of carbonyl (C=O) groups excluding carboxylic acids is 1. The van der Waals surface area contributed by atoms with Crippen molar-refractivity contribution in [1.29, 1.82) is 0 Å². The molecule has 0 saturated carbocycles. The molecule has 3 rings (SSSR count). The van der Waals surface area contributed by atoms with Crippen LogP contribution < -0.4 is 5.73 Å². The summed E-state index contributed by atoms with van der Waals surface area (Å²) in [5, 5.41) is 30.2. The molecular weight excluding hydrogens is 413 g/mol. The van der Waals surface area contributed by atoms with Gasteiger partial charge < -0.3 is 35.6 Å². The van der Waals surface area contributed by atoms with Gasteiger partial charge in [-0.25, -0.2) is 19.5 Å². The zero-order valence-electron chi connectivity index (χ0n) is 15.0. The number of phosphoric ester groups is 1. The van der Waals surface area contributed by atoms with Crippen LogP contribution in [0, 0.1) is 0 Å². The first kappa shape index (κ1) is 21.7. The largest absolute Gasteiger partial charge is 0.470 e. The van der Waals surface area contributed by atoms with Crippen LogP contribution in [0.25, 0.3) is 11.2 Å². The molecule has 0 spiro atoms. The Balaban J connectivity index is 1.94. The Morgan fingerprint density at radius 2 is 2.03 bits per heavy atom. The number of Topliss-reactive ketones (excluding diaryl/α,β-unsaturated/α-hetero) is 1. The molecule has 2 aromatic heterocycles. The predicted octanol–water partition coefficient (Wildman–Crippen LogP) is -2.15. The summed E-state index contributed by atoms with van der Waals surface area (Å²) < 4.78 is 22.6. The Morgan fingerprint density at radius 3 is 2.66 bits per heavy atom. The van der Waals surface area contributed by atoms with Crippen molar-refractivity contribution in [3.05, 3.63) is 12.7 Å². The van der Waals surface area contributed by atoms with E-state index in [0.717, 1.165) is 6.33 Å². The topological polar surface area (TPSA) is 223 Å². The number of hydrogen-bond acceptors (Lipinski definition) is 11. The molecule has 2 aromatic rings. The van der Waals surface area contributed by atoms with Crippen molar-refractivity contribution < 1.29 is 43.7 Å². The van der Waals surface area contributed by atoms with Crippen LogP contribution in [0.4, 0.5) is 5.82 Å². The monoisotopic (exact) mass is 433 g/mol. The Labute approximate surface area is 163 Å². The fourth-order valence-corrected chi connectivity index (χ4v) is 3.61. The summed E-state index contributed by atoms with van der Waals surface area (Å²) in [5.41, 5.74) is 6.07. The molecule has 0 aliphatic carbocycles. The molecule has 29 heavy (non-hydrogen) atoms. The van der Waals surface area contributed by atoms with Crippen molar-refractivity contribution in [3.8, 4) is 0 Å². The molecular formula is C14H20N5O9P. The number of rotatable bonds is 7. The van der Waals surface area contributed by atoms with Crippen LogP contribution in [-0.4, -0.2) is 80.9 Å². The van der Waals surface area contributed by atoms with Crippen LogP contribution in [-0.2, 0) is 18.6 Å². The second-order valence-corrected chi connectivity index (χ2v) is 7.78. The molecule has 1 saturated heterocycles. The summed E-state index contributed by atoms with van der Waals surface area (Å²) in [6.45, 7) is 1.29. The predicted molar refractivity (Wildman–Crippen MR) is 93.9 cm³/mol. The van der Waals surface area contributed by atoms with E-state index in [1.165, 1.54) is 17.8 Å². The average Bonchev–Trinajstić information content (AvgIpc) is 3.15. The molecule has 1 aliphatic heterocycles. The Kier molecular flexibility index (Phi) is 5.98. The number of fused-ring (bicyclic) bond motifs is 1. The number of anilines is 1. The van der Waals surface area contributed by atoms with Crippen molar-refractivity contribution in [3.63, 3.8) is 0 Å². The smallest absolute Gasteiger partial charge is 0.393 e. The van der Waals surface area contributed by atoms with E-state index in [0.29, 0.717) is 0 Å². The van der Waals surface area contributed by atoms with Crippen molar-refractivity contribution in [2.75, 3.05) is 5.73 Å². The van der Waals surface area contributed by atoms with Crippen molar-refractivity contribution >= 4 is 30.6 Å². The van der Waals surface area contributed by atoms with Gasteiger partial charge in [0.15, 0.2) is 29.6 Å². The van der Waals surface area contributed by atoms with E-state index in [1.54, 1.807) is 0 Å². The number of nitrogens with two attached hydrogens (primary N) is 1. The molecule has 0 bridgehead atoms. The van der Waals surface area contributed by atoms with Gasteiger partial charge in [-0.1, -0.05) is 0 Å². The number of imidazole rings is 1. The minimum absolute atomic E-state index is 0.0631. The maximum absolute atomic E-state index is 12.4. The van der Waals surface area contributed by atoms with Crippen LogP contribution >= 0.6 is 7.82 Å². The van der Waals surface area contributed by atoms with Crippen molar-refractivity contribution in [2.45, 2.75) is 50.1 Å². The third-order valence-electron chi connectivity index (χ3n) is 4.30. The van der Waals surface area contributed by atoms with Gasteiger partial charge in [0.2, 0.25) is 0 Å². The third kappa shape index (κ3) is 4.44. The third-order valence-corrected chi connectivity index (χ3v) is 4.80. The van der Waals surface area contributed by atoms with Gasteiger partial charge in [0.1, 0.15) is 30.2 Å². The first-order chi connectivity index (χ1) is 13.5. The molecule has 160 valence electrons. The molecule has 0 aromatic carbocycles. The fourth-order valence-electron chi connectivity index (χ4n) is 3.08. The lowest BCUT2D eigenvalue weighted by molar-refractivity contribution is -0.141. The maximum atomic E-state index is 12.4. The number of hydrogen-bond donors (Lipinski definition) is 6. The van der Waals surface area contributed by atoms with E-state index >= 15 is 0 Å². The van der Waals surface area contributed by atoms with E-state index < -0.39 is 56.8 Å². The van der Waals surface area contributed by atoms with Gasteiger partial charge in [0.05, 0.1) is 12.4 Å². The number of ether oxygens (including phenoxy) is 1. The molecule has 14 nitrogen and oxygen atoms in total. The second-order valence-electron chi connectivity index (χ2n) is 6.59. The molecule has 7 N–H and O–H groups in total. The van der Waals surface area contributed by atoms with Gasteiger partial charge in [-0.15, -0.1) is 0 Å². The number of carbonyl (C=O) groups is 1. The maximum Gasteiger partial charge on any atom is 0.470 e. The summed E-state index contributed by atoms with van der Waals surface area (Å²) in [5.74, 6) is -0.865. The Bertz CT molecular complexity index is 947. The van der Waals surface area contributed by atoms with Crippen LogP contribution in [0.3, 0.4) is 0 Å². The van der Waals surface area contributed by atoms with E-state index in [4.69, 9.17) is 20.3 Å². The molecule has 2 unspecified atom stereocenters. The van der Waals surface area contributed by atoms with Gasteiger partial charge in [-0.05, 0) is 6.92 Å². The molecule has 0 amide bonds. The fraction of sp³-hybridized carbons (Fsp3) is 0.571. The standard InChI is InChI=1S/C14H20N5O9P/c1-5(20)2-6(21)10(28-29(24,25)26)11-8(22)9(23)14(27-11)19-4-18-7-12(15)16-3-17-13(7)19/h3-5,8-11,14,20,22-23H,2H2,1H3,(H2,15,16,17)(H2,24,25,26)/t5?,8-,9+,10?,11-,14+/m0/s1. The number of ketones is 1. The highest BCUT2D eigenvalue weighted by atomic mass is 31.2. The lowest BCUT2D eigenvalue weighted by Crippen LogP contribution is -2.44. The Morgan fingerprint density at radius 1 is 1.34 bits per heavy atom. The molecule has 6 atom stereocenters. The first-order valence-corrected chi connectivity index (χ1v) is 9.92. The highest BCUT2D eigenvalue weighted by molar-refractivity contribution is 7.46. The van der Waals surface area contributed by atoms with E-state index in [-0.39, 0.29) is 17.0 Å². The SMILES string of the molecule is CC(O)CC(=O)C(OP(=O)(O)O)[C@H]1O[C@@H](n2cnc3c(N)ncnc32)[C@H](O)[C@@H]1O. The van der Waals surface area contributed by atoms with E-state index in [2.05, 4.69) is 19.5 Å². The number of aliphatic hydroxyl groups excluding tert-OH is 3. The number of nitrogens with zero attached hydrogens (tertiary/aromatic N) is 4. The van der Waals surface area contributed by atoms with Crippen LogP contribution in [0.2, 0.25) is 0 Å². The van der Waals surface area contributed by atoms with Gasteiger partial charge >= 0.3 is 7.82 Å². The minimum Gasteiger partial charge on any atom is -0.393 e. The summed E-state index contributed by atoms with van der Waals surface area (Å²) in [6.07, 6.45) is -7.59. The molecule has 3 heterocycles. The summed E-state index contributed by atoms with van der Waals surface area (Å²) in [4.78, 5) is 42.4. The van der Waals surface area contributed by atoms with Crippen LogP contribution in [0.15, 0.2) is 12.7 Å². The number of phosphoric acid groups is 1. The van der Waals surface area contributed by atoms with E-state index in [9.17, 15) is 24.7 Å². The van der Waals surface area contributed by atoms with Gasteiger partial charge in [-0.3, -0.25) is 13.9 Å². The average molecular weight is 433 g/mol. The normalized spacial score (nSPS) is 27.2. The Hall–Kier alpha value is -2.03. The summed E-state index contributed by atoms with van der Waals surface area (Å²) >= 11 is 0. The molecule has 0 radical (unpaired) electrons. The van der Waals surface area contributed by atoms with Crippen LogP contribution in [0.5, 0.6) is 0 Å². The van der Waals surface area contributed by atoms with Crippen molar-refractivity contribution in [1.82, 2.24) is 19.5 Å². The second kappa shape index (κ2) is 8.01. The lowest BCUT2D eigenvalue weighted by atomic mass is 9.99. The summed E-state index contributed by atoms with van der Waals surface area (Å²) in [7, 11) is -5.17. The first-order valence-electron chi connectivity index (χ1n) is 8.39. The number of aromatic nitrogens is 4. The molecule has 1 aliphatic rings. The number of nitrogen functional groups attached to an aromatic ring is 1. The van der Waals surface area contributed by atoms with Crippen LogP contribution in [0.1, 0.15) is 19.6 Å². The zero-order chi connectivity index (χ0) is 21.5. The zero-order valence-corrected chi connectivity index (χ0v) is 15.9. The van der Waals surface area contributed by atoms with Gasteiger partial charge in [-0.2, -0.15) is 0 Å². The highest BCUT2D eigenvalue weighted by Gasteiger charge is 2.51. The van der Waals surface area contributed by atoms with Gasteiger partial charge in [0.25, 0.3) is 0 Å². The molecule has 15 heteroatoms. The summed E-state index contributed by atoms with van der Waals surface area (Å²) in [6, 6.07) is 0. The lowest BCUT2D eigenvalue weighted by Gasteiger charge is -2.25. The van der Waals surface area contributed by atoms with E-state index in [1.807, 2.05) is 0 Å². The van der Waals surface area contributed by atoms with Gasteiger partial charge in [0, 0.05) is 6.42 Å².